The van der Waals surface area contributed by atoms with Crippen LogP contribution < -0.4 is 9.64 Å². The molecule has 0 N–H and O–H groups in total. The van der Waals surface area contributed by atoms with E-state index in [2.05, 4.69) is 45.9 Å². The molecule has 0 unspecified atom stereocenters. The van der Waals surface area contributed by atoms with Crippen molar-refractivity contribution < 1.29 is 31.3 Å². The predicted molar refractivity (Wildman–Crippen MR) is 140 cm³/mol. The molecule has 2 aliphatic rings. The van der Waals surface area contributed by atoms with Crippen molar-refractivity contribution in [2.24, 2.45) is 0 Å². The number of anilines is 1. The van der Waals surface area contributed by atoms with E-state index in [1.807, 2.05) is 18.2 Å². The smallest absolute Gasteiger partial charge is 0.217 e. The van der Waals surface area contributed by atoms with Crippen LogP contribution in [0.3, 0.4) is 0 Å². The first-order chi connectivity index (χ1) is 17.4. The summed E-state index contributed by atoms with van der Waals surface area (Å²) >= 11 is 12.7. The molecular formula is C26H31Cl2CuN5O3. The molecule has 2 atom stereocenters. The van der Waals surface area contributed by atoms with Crippen molar-refractivity contribution in [1.29, 1.82) is 0 Å². The van der Waals surface area contributed by atoms with Crippen LogP contribution >= 0.6 is 23.2 Å². The SMILES string of the molecule is CC(C)N1CCN(c2ccc(OC[C@H]3CO[C@](Cn4cncn4)(c4ccc(Cl)cc4Cl)O3)cc2)CC1.[Cu]. The minimum absolute atomic E-state index is 0. The molecule has 0 bridgehead atoms. The summed E-state index contributed by atoms with van der Waals surface area (Å²) in [6.07, 6.45) is 2.80. The van der Waals surface area contributed by atoms with Crippen LogP contribution in [-0.4, -0.2) is 71.2 Å². The first-order valence-corrected chi connectivity index (χ1v) is 13.0. The quantitative estimate of drug-likeness (QED) is 0.356. The van der Waals surface area contributed by atoms with Crippen LogP contribution in [0.15, 0.2) is 55.1 Å². The van der Waals surface area contributed by atoms with E-state index in [0.717, 1.165) is 31.9 Å². The van der Waals surface area contributed by atoms with Gasteiger partial charge in [0.15, 0.2) is 0 Å². The van der Waals surface area contributed by atoms with Crippen LogP contribution in [0, 0.1) is 0 Å². The average molecular weight is 596 g/mol. The third-order valence-electron chi connectivity index (χ3n) is 6.72. The van der Waals surface area contributed by atoms with Gasteiger partial charge in [0.1, 0.15) is 37.7 Å². The molecule has 5 rings (SSSR count). The molecule has 3 aromatic rings. The molecule has 37 heavy (non-hydrogen) atoms. The number of hydrogen-bond acceptors (Lipinski definition) is 7. The molecule has 1 aromatic heterocycles. The van der Waals surface area contributed by atoms with Crippen molar-refractivity contribution in [3.63, 3.8) is 0 Å². The van der Waals surface area contributed by atoms with E-state index in [1.165, 1.54) is 12.0 Å². The molecule has 2 aliphatic heterocycles. The summed E-state index contributed by atoms with van der Waals surface area (Å²) in [6.45, 7) is 9.74. The monoisotopic (exact) mass is 594 g/mol. The van der Waals surface area contributed by atoms with Crippen molar-refractivity contribution >= 4 is 28.9 Å². The maximum atomic E-state index is 6.53. The van der Waals surface area contributed by atoms with E-state index >= 15 is 0 Å². The fraction of sp³-hybridized carbons (Fsp3) is 0.462. The van der Waals surface area contributed by atoms with Crippen LogP contribution in [0.2, 0.25) is 10.0 Å². The summed E-state index contributed by atoms with van der Waals surface area (Å²) in [7, 11) is 0. The van der Waals surface area contributed by atoms with Crippen molar-refractivity contribution in [2.45, 2.75) is 38.3 Å². The first kappa shape index (κ1) is 28.2. The van der Waals surface area contributed by atoms with Crippen molar-refractivity contribution in [2.75, 3.05) is 44.3 Å². The zero-order valence-electron chi connectivity index (χ0n) is 20.8. The Kier molecular flexibility index (Phi) is 9.40. The van der Waals surface area contributed by atoms with Gasteiger partial charge in [0, 0.05) is 65.6 Å². The number of hydrogen-bond donors (Lipinski definition) is 0. The number of halogens is 2. The molecule has 203 valence electrons. The van der Waals surface area contributed by atoms with Crippen molar-refractivity contribution in [3.8, 4) is 5.75 Å². The molecule has 2 aromatic carbocycles. The second kappa shape index (κ2) is 12.3. The molecule has 0 saturated carbocycles. The van der Waals surface area contributed by atoms with E-state index in [9.17, 15) is 0 Å². The Labute approximate surface area is 238 Å². The molecule has 2 saturated heterocycles. The van der Waals surface area contributed by atoms with Gasteiger partial charge in [-0.2, -0.15) is 5.10 Å². The second-order valence-electron chi connectivity index (χ2n) is 9.44. The van der Waals surface area contributed by atoms with Gasteiger partial charge in [-0.1, -0.05) is 29.3 Å². The molecule has 3 heterocycles. The summed E-state index contributed by atoms with van der Waals surface area (Å²) < 4.78 is 20.4. The Morgan fingerprint density at radius 3 is 2.49 bits per heavy atom. The predicted octanol–water partition coefficient (Wildman–Crippen LogP) is 4.46. The summed E-state index contributed by atoms with van der Waals surface area (Å²) in [4.78, 5) is 8.96. The fourth-order valence-corrected chi connectivity index (χ4v) is 5.27. The molecule has 11 heteroatoms. The molecule has 0 spiro atoms. The number of nitrogens with zero attached hydrogens (tertiary/aromatic N) is 5. The minimum Gasteiger partial charge on any atom is -0.491 e. The maximum absolute atomic E-state index is 6.53. The van der Waals surface area contributed by atoms with Crippen molar-refractivity contribution in [3.05, 3.63) is 70.7 Å². The van der Waals surface area contributed by atoms with Gasteiger partial charge in [0.05, 0.1) is 11.6 Å². The van der Waals surface area contributed by atoms with Gasteiger partial charge in [-0.15, -0.1) is 0 Å². The summed E-state index contributed by atoms with van der Waals surface area (Å²) in [5, 5.41) is 5.22. The normalized spacial score (nSPS) is 22.3. The molecular weight excluding hydrogens is 565 g/mol. The number of rotatable bonds is 8. The molecule has 0 amide bonds. The van der Waals surface area contributed by atoms with Gasteiger partial charge < -0.3 is 19.1 Å². The number of benzene rings is 2. The molecule has 0 aliphatic carbocycles. The summed E-state index contributed by atoms with van der Waals surface area (Å²) in [6, 6.07) is 14.1. The molecule has 2 fully saturated rings. The number of aromatic nitrogens is 3. The van der Waals surface area contributed by atoms with Gasteiger partial charge in [-0.3, -0.25) is 4.90 Å². The van der Waals surface area contributed by atoms with E-state index in [1.54, 1.807) is 23.1 Å². The van der Waals surface area contributed by atoms with Crippen LogP contribution in [0.5, 0.6) is 5.75 Å². The standard InChI is InChI=1S/C26H31Cl2N5O3.Cu/c1-19(2)31-9-11-32(12-10-31)21-4-6-22(7-5-21)34-14-23-15-35-26(36-23,16-33-18-29-17-30-33)24-8-3-20(27)13-25(24)28;/h3-8,13,17-19,23H,9-12,14-16H2,1-2H3;/t23-,26-;/m0./s1. The summed E-state index contributed by atoms with van der Waals surface area (Å²) in [5.74, 6) is -0.327. The largest absolute Gasteiger partial charge is 0.491 e. The Morgan fingerprint density at radius 2 is 1.84 bits per heavy atom. The van der Waals surface area contributed by atoms with E-state index in [4.69, 9.17) is 37.4 Å². The van der Waals surface area contributed by atoms with E-state index < -0.39 is 5.79 Å². The fourth-order valence-electron chi connectivity index (χ4n) is 4.72. The number of piperazine rings is 1. The van der Waals surface area contributed by atoms with E-state index in [-0.39, 0.29) is 23.2 Å². The molecule has 8 nitrogen and oxygen atoms in total. The zero-order valence-corrected chi connectivity index (χ0v) is 23.3. The van der Waals surface area contributed by atoms with E-state index in [0.29, 0.717) is 41.4 Å². The van der Waals surface area contributed by atoms with Crippen LogP contribution in [0.4, 0.5) is 5.69 Å². The van der Waals surface area contributed by atoms with Crippen molar-refractivity contribution in [1.82, 2.24) is 19.7 Å². The van der Waals surface area contributed by atoms with Gasteiger partial charge in [-0.25, -0.2) is 9.67 Å². The maximum Gasteiger partial charge on any atom is 0.217 e. The third-order valence-corrected chi connectivity index (χ3v) is 7.27. The van der Waals surface area contributed by atoms with Crippen LogP contribution in [0.1, 0.15) is 19.4 Å². The summed E-state index contributed by atoms with van der Waals surface area (Å²) in [5.41, 5.74) is 1.91. The Bertz CT molecular complexity index is 1140. The van der Waals surface area contributed by atoms with Gasteiger partial charge in [-0.05, 0) is 50.2 Å². The second-order valence-corrected chi connectivity index (χ2v) is 10.3. The van der Waals surface area contributed by atoms with Gasteiger partial charge in [0.2, 0.25) is 5.79 Å². The third kappa shape index (κ3) is 6.60. The minimum atomic E-state index is -1.12. The Morgan fingerprint density at radius 1 is 1.08 bits per heavy atom. The van der Waals surface area contributed by atoms with Gasteiger partial charge >= 0.3 is 0 Å². The van der Waals surface area contributed by atoms with Gasteiger partial charge in [0.25, 0.3) is 0 Å². The topological polar surface area (TPSA) is 64.9 Å². The van der Waals surface area contributed by atoms with Crippen LogP contribution in [0.25, 0.3) is 0 Å². The van der Waals surface area contributed by atoms with Crippen LogP contribution in [-0.2, 0) is 38.9 Å². The number of ether oxygens (including phenoxy) is 3. The first-order valence-electron chi connectivity index (χ1n) is 12.2. The molecule has 1 radical (unpaired) electrons. The zero-order chi connectivity index (χ0) is 25.1. The Hall–Kier alpha value is -1.84. The Balaban J connectivity index is 0.00000320. The average Bonchev–Trinajstić information content (AvgIpc) is 3.54.